The molecule has 0 amide bonds. The zero-order valence-corrected chi connectivity index (χ0v) is 12.8. The molecule has 1 fully saturated rings. The molecule has 0 spiro atoms. The molecular weight excluding hydrogens is 234 g/mol. The Bertz CT molecular complexity index is 400. The van der Waals surface area contributed by atoms with Gasteiger partial charge >= 0.3 is 0 Å². The first-order valence-electron chi connectivity index (χ1n) is 7.98. The van der Waals surface area contributed by atoms with Gasteiger partial charge in [0.1, 0.15) is 11.6 Å². The number of aromatic nitrogens is 2. The van der Waals surface area contributed by atoms with Crippen LogP contribution in [0, 0.1) is 5.92 Å². The topological polar surface area (TPSA) is 43.8 Å². The van der Waals surface area contributed by atoms with Crippen LogP contribution in [0.4, 0.5) is 5.82 Å². The second-order valence-electron chi connectivity index (χ2n) is 6.32. The Labute approximate surface area is 117 Å². The van der Waals surface area contributed by atoms with Crippen molar-refractivity contribution in [3.05, 3.63) is 11.5 Å². The first-order valence-corrected chi connectivity index (χ1v) is 7.98. The van der Waals surface area contributed by atoms with Gasteiger partial charge in [-0.05, 0) is 18.8 Å². The monoisotopic (exact) mass is 263 g/mol. The first kappa shape index (κ1) is 14.4. The summed E-state index contributed by atoms with van der Waals surface area (Å²) in [5, 5.41) is 0. The molecule has 0 radical (unpaired) electrons. The fraction of sp³-hybridized carbons (Fsp3) is 0.812. The smallest absolute Gasteiger partial charge is 0.126 e. The Morgan fingerprint density at radius 2 is 1.95 bits per heavy atom. The van der Waals surface area contributed by atoms with Crippen LogP contribution in [0.15, 0.2) is 0 Å². The Morgan fingerprint density at radius 3 is 2.53 bits per heavy atom. The lowest BCUT2D eigenvalue weighted by Gasteiger charge is -2.20. The van der Waals surface area contributed by atoms with E-state index in [9.17, 15) is 0 Å². The highest BCUT2D eigenvalue weighted by Crippen LogP contribution is 2.30. The van der Waals surface area contributed by atoms with Gasteiger partial charge in [0.25, 0.3) is 0 Å². The Balaban J connectivity index is 2.17. The van der Waals surface area contributed by atoms with Gasteiger partial charge in [-0.25, -0.2) is 4.98 Å². The lowest BCUT2D eigenvalue weighted by Crippen LogP contribution is -2.11. The molecule has 1 aromatic rings. The maximum atomic E-state index is 6.35. The second-order valence-corrected chi connectivity index (χ2v) is 6.32. The number of anilines is 1. The minimum absolute atomic E-state index is 0.453. The van der Waals surface area contributed by atoms with E-state index in [0.29, 0.717) is 5.92 Å². The van der Waals surface area contributed by atoms with Crippen molar-refractivity contribution in [2.45, 2.75) is 78.2 Å². The van der Waals surface area contributed by atoms with Crippen molar-refractivity contribution >= 4 is 5.82 Å². The third kappa shape index (κ3) is 3.31. The van der Waals surface area contributed by atoms with E-state index in [4.69, 9.17) is 10.7 Å². The molecule has 0 aliphatic heterocycles. The molecule has 3 nitrogen and oxygen atoms in total. The minimum Gasteiger partial charge on any atom is -0.384 e. The van der Waals surface area contributed by atoms with E-state index in [2.05, 4.69) is 25.3 Å². The quantitative estimate of drug-likeness (QED) is 0.868. The van der Waals surface area contributed by atoms with E-state index in [0.717, 1.165) is 36.8 Å². The molecule has 0 bridgehead atoms. The summed E-state index contributed by atoms with van der Waals surface area (Å²) in [7, 11) is 0. The van der Waals surface area contributed by atoms with Crippen molar-refractivity contribution in [2.24, 2.45) is 5.92 Å². The number of rotatable bonds is 5. The zero-order valence-electron chi connectivity index (χ0n) is 12.8. The zero-order chi connectivity index (χ0) is 13.8. The Morgan fingerprint density at radius 1 is 1.26 bits per heavy atom. The van der Waals surface area contributed by atoms with Crippen molar-refractivity contribution in [3.8, 4) is 0 Å². The van der Waals surface area contributed by atoms with Crippen LogP contribution in [0.1, 0.15) is 76.7 Å². The number of imidazole rings is 1. The van der Waals surface area contributed by atoms with Crippen molar-refractivity contribution in [1.29, 1.82) is 0 Å². The van der Waals surface area contributed by atoms with E-state index in [-0.39, 0.29) is 0 Å². The van der Waals surface area contributed by atoms with Crippen LogP contribution >= 0.6 is 0 Å². The van der Waals surface area contributed by atoms with Gasteiger partial charge < -0.3 is 10.3 Å². The summed E-state index contributed by atoms with van der Waals surface area (Å²) in [5.41, 5.74) is 7.50. The first-order chi connectivity index (χ1) is 9.13. The summed E-state index contributed by atoms with van der Waals surface area (Å²) in [6.07, 6.45) is 9.10. The van der Waals surface area contributed by atoms with Gasteiger partial charge in [0.15, 0.2) is 0 Å². The molecule has 1 aromatic heterocycles. The third-order valence-corrected chi connectivity index (χ3v) is 4.28. The Hall–Kier alpha value is -0.990. The van der Waals surface area contributed by atoms with E-state index < -0.39 is 0 Å². The fourth-order valence-corrected chi connectivity index (χ4v) is 3.25. The van der Waals surface area contributed by atoms with Gasteiger partial charge in [0, 0.05) is 12.5 Å². The van der Waals surface area contributed by atoms with Crippen LogP contribution < -0.4 is 5.73 Å². The number of nitrogens with zero attached hydrogens (tertiary/aromatic N) is 2. The van der Waals surface area contributed by atoms with Gasteiger partial charge in [-0.2, -0.15) is 0 Å². The average molecular weight is 263 g/mol. The maximum absolute atomic E-state index is 6.35. The summed E-state index contributed by atoms with van der Waals surface area (Å²) in [6.45, 7) is 7.61. The molecule has 1 aliphatic carbocycles. The van der Waals surface area contributed by atoms with Crippen LogP contribution in [-0.4, -0.2) is 9.55 Å². The lowest BCUT2D eigenvalue weighted by molar-refractivity contribution is 0.355. The molecule has 1 saturated carbocycles. The average Bonchev–Trinajstić information content (AvgIpc) is 2.70. The van der Waals surface area contributed by atoms with E-state index in [1.54, 1.807) is 0 Å². The lowest BCUT2D eigenvalue weighted by atomic mass is 9.86. The van der Waals surface area contributed by atoms with Crippen molar-refractivity contribution in [3.63, 3.8) is 0 Å². The number of nitrogens with two attached hydrogens (primary N) is 1. The standard InChI is InChI=1S/C16H29N3/c1-4-10-19-15(17)14(18-16(19)12(2)3)11-13-8-6-5-7-9-13/h12-13H,4-11,17H2,1-3H3. The molecule has 1 heterocycles. The van der Waals surface area contributed by atoms with Gasteiger partial charge in [-0.15, -0.1) is 0 Å². The van der Waals surface area contributed by atoms with Crippen LogP contribution in [-0.2, 0) is 13.0 Å². The normalized spacial score (nSPS) is 17.3. The highest BCUT2D eigenvalue weighted by molar-refractivity contribution is 5.39. The largest absolute Gasteiger partial charge is 0.384 e. The maximum Gasteiger partial charge on any atom is 0.126 e. The molecule has 2 N–H and O–H groups in total. The summed E-state index contributed by atoms with van der Waals surface area (Å²) < 4.78 is 2.24. The van der Waals surface area contributed by atoms with E-state index >= 15 is 0 Å². The number of hydrogen-bond acceptors (Lipinski definition) is 2. The van der Waals surface area contributed by atoms with Crippen LogP contribution in [0.3, 0.4) is 0 Å². The van der Waals surface area contributed by atoms with Gasteiger partial charge in [0.2, 0.25) is 0 Å². The molecule has 19 heavy (non-hydrogen) atoms. The molecular formula is C16H29N3. The van der Waals surface area contributed by atoms with Gasteiger partial charge in [-0.3, -0.25) is 0 Å². The van der Waals surface area contributed by atoms with Crippen molar-refractivity contribution < 1.29 is 0 Å². The number of hydrogen-bond donors (Lipinski definition) is 1. The van der Waals surface area contributed by atoms with Crippen LogP contribution in [0.5, 0.6) is 0 Å². The molecule has 0 saturated heterocycles. The molecule has 1 aliphatic rings. The highest BCUT2D eigenvalue weighted by Gasteiger charge is 2.21. The van der Waals surface area contributed by atoms with Crippen LogP contribution in [0.2, 0.25) is 0 Å². The second kappa shape index (κ2) is 6.44. The number of nitrogen functional groups attached to an aromatic ring is 1. The van der Waals surface area contributed by atoms with Crippen molar-refractivity contribution in [1.82, 2.24) is 9.55 Å². The van der Waals surface area contributed by atoms with Gasteiger partial charge in [0.05, 0.1) is 5.69 Å². The molecule has 3 heteroatoms. The minimum atomic E-state index is 0.453. The molecule has 0 unspecified atom stereocenters. The molecule has 0 atom stereocenters. The summed E-state index contributed by atoms with van der Waals surface area (Å²) in [4.78, 5) is 4.86. The SMILES string of the molecule is CCCn1c(C(C)C)nc(CC2CCCCC2)c1N. The fourth-order valence-electron chi connectivity index (χ4n) is 3.25. The van der Waals surface area contributed by atoms with E-state index in [1.807, 2.05) is 0 Å². The summed E-state index contributed by atoms with van der Waals surface area (Å²) in [5.74, 6) is 3.36. The highest BCUT2D eigenvalue weighted by atomic mass is 15.1. The van der Waals surface area contributed by atoms with Gasteiger partial charge in [-0.1, -0.05) is 52.9 Å². The molecule has 2 rings (SSSR count). The summed E-state index contributed by atoms with van der Waals surface area (Å²) >= 11 is 0. The summed E-state index contributed by atoms with van der Waals surface area (Å²) in [6, 6.07) is 0. The predicted molar refractivity (Wildman–Crippen MR) is 81.3 cm³/mol. The van der Waals surface area contributed by atoms with Crippen molar-refractivity contribution in [2.75, 3.05) is 5.73 Å². The van der Waals surface area contributed by atoms with Crippen LogP contribution in [0.25, 0.3) is 0 Å². The predicted octanol–water partition coefficient (Wildman–Crippen LogP) is 4.12. The van der Waals surface area contributed by atoms with E-state index in [1.165, 1.54) is 37.9 Å². The Kier molecular flexibility index (Phi) is 4.89. The third-order valence-electron chi connectivity index (χ3n) is 4.28. The molecule has 0 aromatic carbocycles. The molecule has 108 valence electrons.